The van der Waals surface area contributed by atoms with Crippen LogP contribution in [0, 0.1) is 17.8 Å². The highest BCUT2D eigenvalue weighted by Gasteiger charge is 2.40. The van der Waals surface area contributed by atoms with Gasteiger partial charge >= 0.3 is 5.97 Å². The van der Waals surface area contributed by atoms with Crippen LogP contribution in [0.3, 0.4) is 0 Å². The minimum Gasteiger partial charge on any atom is -0.466 e. The van der Waals surface area contributed by atoms with Crippen LogP contribution in [0.25, 0.3) is 0 Å². The first kappa shape index (κ1) is 9.04. The molecule has 2 aliphatic rings. The van der Waals surface area contributed by atoms with Gasteiger partial charge in [-0.3, -0.25) is 4.79 Å². The Hall–Kier alpha value is -0.530. The number of carbonyl (C=O) groups is 1. The summed E-state index contributed by atoms with van der Waals surface area (Å²) in [6.07, 6.45) is 6.04. The number of hydrogen-bond acceptors (Lipinski definition) is 2. The Kier molecular flexibility index (Phi) is 2.56. The maximum absolute atomic E-state index is 11.2. The molecule has 2 heteroatoms. The Morgan fingerprint density at radius 3 is 2.38 bits per heavy atom. The smallest absolute Gasteiger partial charge is 0.306 e. The van der Waals surface area contributed by atoms with Crippen molar-refractivity contribution >= 4 is 5.97 Å². The Morgan fingerprint density at radius 1 is 1.31 bits per heavy atom. The van der Waals surface area contributed by atoms with Crippen molar-refractivity contribution < 1.29 is 9.53 Å². The fraction of sp³-hybridized carbons (Fsp3) is 0.909. The number of hydrogen-bond donors (Lipinski definition) is 0. The molecular weight excluding hydrogens is 164 g/mol. The van der Waals surface area contributed by atoms with E-state index in [4.69, 9.17) is 4.74 Å². The lowest BCUT2D eigenvalue weighted by Gasteiger charge is -2.29. The summed E-state index contributed by atoms with van der Waals surface area (Å²) in [7, 11) is 0. The van der Waals surface area contributed by atoms with Crippen molar-refractivity contribution in [3.63, 3.8) is 0 Å². The average molecular weight is 182 g/mol. The van der Waals surface area contributed by atoms with Crippen molar-refractivity contribution in [2.75, 3.05) is 6.61 Å². The van der Waals surface area contributed by atoms with Gasteiger partial charge in [0.25, 0.3) is 0 Å². The van der Waals surface area contributed by atoms with Crippen LogP contribution in [0.4, 0.5) is 0 Å². The maximum Gasteiger partial charge on any atom is 0.306 e. The number of carbonyl (C=O) groups excluding carboxylic acids is 1. The van der Waals surface area contributed by atoms with Gasteiger partial charge in [0.2, 0.25) is 0 Å². The lowest BCUT2D eigenvalue weighted by molar-refractivity contribution is -0.144. The highest BCUT2D eigenvalue weighted by atomic mass is 16.5. The molecule has 0 bridgehead atoms. The highest BCUT2D eigenvalue weighted by molar-refractivity contribution is 5.69. The largest absolute Gasteiger partial charge is 0.466 e. The average Bonchev–Trinajstić information content (AvgIpc) is 2.31. The molecule has 0 spiro atoms. The van der Waals surface area contributed by atoms with Crippen LogP contribution in [0.5, 0.6) is 0 Å². The lowest BCUT2D eigenvalue weighted by atomic mass is 9.77. The van der Waals surface area contributed by atoms with Crippen LogP contribution < -0.4 is 0 Å². The van der Waals surface area contributed by atoms with E-state index >= 15 is 0 Å². The number of rotatable bonds is 3. The van der Waals surface area contributed by atoms with Crippen LogP contribution in [0.2, 0.25) is 0 Å². The number of ether oxygens (including phenoxy) is 1. The molecule has 0 aromatic carbocycles. The summed E-state index contributed by atoms with van der Waals surface area (Å²) >= 11 is 0. The van der Waals surface area contributed by atoms with Crippen molar-refractivity contribution in [3.05, 3.63) is 0 Å². The van der Waals surface area contributed by atoms with Gasteiger partial charge in [-0.2, -0.15) is 0 Å². The van der Waals surface area contributed by atoms with Crippen LogP contribution in [-0.4, -0.2) is 12.6 Å². The van der Waals surface area contributed by atoms with Gasteiger partial charge in [0, 0.05) is 6.42 Å². The molecule has 0 aliphatic heterocycles. The second kappa shape index (κ2) is 3.69. The standard InChI is InChI=1S/C11H18O2/c1-2-13-11(12)7-8-5-9-3-4-10(9)6-8/h8-10H,2-7H2,1H3/t8?,9-,10+. The molecule has 0 aromatic heterocycles. The fourth-order valence-corrected chi connectivity index (χ4v) is 2.83. The van der Waals surface area contributed by atoms with Gasteiger partial charge in [0.05, 0.1) is 6.61 Å². The second-order valence-corrected chi connectivity index (χ2v) is 4.44. The van der Waals surface area contributed by atoms with Crippen molar-refractivity contribution in [2.45, 2.75) is 39.0 Å². The van der Waals surface area contributed by atoms with Gasteiger partial charge in [-0.1, -0.05) is 0 Å². The summed E-state index contributed by atoms with van der Waals surface area (Å²) in [5.41, 5.74) is 0. The van der Waals surface area contributed by atoms with E-state index in [1.807, 2.05) is 6.92 Å². The number of esters is 1. The SMILES string of the molecule is CCOC(=O)CC1C[C@H]2CC[C@H]2C1. The molecule has 74 valence electrons. The zero-order chi connectivity index (χ0) is 9.26. The predicted octanol–water partition coefficient (Wildman–Crippen LogP) is 2.38. The summed E-state index contributed by atoms with van der Waals surface area (Å²) in [6, 6.07) is 0. The van der Waals surface area contributed by atoms with Gasteiger partial charge in [0.1, 0.15) is 0 Å². The Morgan fingerprint density at radius 2 is 1.92 bits per heavy atom. The van der Waals surface area contributed by atoms with E-state index in [1.165, 1.54) is 25.7 Å². The Bertz CT molecular complexity index is 188. The van der Waals surface area contributed by atoms with Gasteiger partial charge in [0.15, 0.2) is 0 Å². The van der Waals surface area contributed by atoms with E-state index in [-0.39, 0.29) is 5.97 Å². The molecule has 0 aromatic rings. The normalized spacial score (nSPS) is 36.5. The Balaban J connectivity index is 1.73. The van der Waals surface area contributed by atoms with Gasteiger partial charge < -0.3 is 4.74 Å². The summed E-state index contributed by atoms with van der Waals surface area (Å²) in [6.45, 7) is 2.40. The van der Waals surface area contributed by atoms with Crippen LogP contribution in [0.15, 0.2) is 0 Å². The first-order chi connectivity index (χ1) is 6.29. The van der Waals surface area contributed by atoms with Crippen LogP contribution in [-0.2, 0) is 9.53 Å². The molecule has 0 saturated heterocycles. The minimum atomic E-state index is 0.00815. The topological polar surface area (TPSA) is 26.3 Å². The molecule has 13 heavy (non-hydrogen) atoms. The van der Waals surface area contributed by atoms with E-state index < -0.39 is 0 Å². The third-order valence-electron chi connectivity index (χ3n) is 3.61. The molecular formula is C11H18O2. The third-order valence-corrected chi connectivity index (χ3v) is 3.61. The molecule has 2 nitrogen and oxygen atoms in total. The summed E-state index contributed by atoms with van der Waals surface area (Å²) in [4.78, 5) is 11.2. The molecule has 0 amide bonds. The molecule has 2 fully saturated rings. The van der Waals surface area contributed by atoms with Gasteiger partial charge in [-0.15, -0.1) is 0 Å². The third kappa shape index (κ3) is 1.87. The minimum absolute atomic E-state index is 0.00815. The highest BCUT2D eigenvalue weighted by Crippen LogP contribution is 2.50. The van der Waals surface area contributed by atoms with Crippen molar-refractivity contribution in [2.24, 2.45) is 17.8 Å². The molecule has 0 N–H and O–H groups in total. The monoisotopic (exact) mass is 182 g/mol. The zero-order valence-corrected chi connectivity index (χ0v) is 8.29. The molecule has 2 rings (SSSR count). The van der Waals surface area contributed by atoms with Gasteiger partial charge in [-0.05, 0) is 50.4 Å². The second-order valence-electron chi connectivity index (χ2n) is 4.44. The molecule has 1 unspecified atom stereocenters. The molecule has 2 saturated carbocycles. The van der Waals surface area contributed by atoms with E-state index in [2.05, 4.69) is 0 Å². The van der Waals surface area contributed by atoms with Crippen molar-refractivity contribution in [1.82, 2.24) is 0 Å². The van der Waals surface area contributed by atoms with E-state index in [0.29, 0.717) is 18.9 Å². The maximum atomic E-state index is 11.2. The van der Waals surface area contributed by atoms with Crippen molar-refractivity contribution in [3.8, 4) is 0 Å². The quantitative estimate of drug-likeness (QED) is 0.626. The Labute approximate surface area is 79.7 Å². The number of fused-ring (bicyclic) bond motifs is 1. The summed E-state index contributed by atoms with van der Waals surface area (Å²) in [5.74, 6) is 2.56. The van der Waals surface area contributed by atoms with Crippen LogP contribution >= 0.6 is 0 Å². The molecule has 2 aliphatic carbocycles. The van der Waals surface area contributed by atoms with Crippen LogP contribution in [0.1, 0.15) is 39.0 Å². The van der Waals surface area contributed by atoms with Crippen molar-refractivity contribution in [1.29, 1.82) is 0 Å². The molecule has 0 heterocycles. The lowest BCUT2D eigenvalue weighted by Crippen LogP contribution is -2.18. The first-order valence-corrected chi connectivity index (χ1v) is 5.45. The van der Waals surface area contributed by atoms with E-state index in [9.17, 15) is 4.79 Å². The molecule has 3 atom stereocenters. The first-order valence-electron chi connectivity index (χ1n) is 5.45. The van der Waals surface area contributed by atoms with E-state index in [1.54, 1.807) is 0 Å². The zero-order valence-electron chi connectivity index (χ0n) is 8.29. The summed E-state index contributed by atoms with van der Waals surface area (Å²) < 4.78 is 4.96. The van der Waals surface area contributed by atoms with E-state index in [0.717, 1.165) is 11.8 Å². The predicted molar refractivity (Wildman–Crippen MR) is 50.2 cm³/mol. The van der Waals surface area contributed by atoms with Gasteiger partial charge in [-0.25, -0.2) is 0 Å². The fourth-order valence-electron chi connectivity index (χ4n) is 2.83. The molecule has 0 radical (unpaired) electrons. The summed E-state index contributed by atoms with van der Waals surface area (Å²) in [5, 5.41) is 0.